The number of hydrogen-bond acceptors (Lipinski definition) is 2. The Hall–Kier alpha value is -2.00. The number of hydrogen-bond donors (Lipinski definition) is 0. The van der Waals surface area contributed by atoms with Gasteiger partial charge in [0.15, 0.2) is 11.6 Å². The van der Waals surface area contributed by atoms with Gasteiger partial charge in [-0.25, -0.2) is 4.39 Å². The number of ketones is 2. The van der Waals surface area contributed by atoms with Gasteiger partial charge < -0.3 is 0 Å². The lowest BCUT2D eigenvalue weighted by Crippen LogP contribution is -2.35. The second-order valence-electron chi connectivity index (χ2n) is 7.34. The van der Waals surface area contributed by atoms with E-state index in [1.807, 2.05) is 25.1 Å². The number of rotatable bonds is 3. The molecule has 4 rings (SSSR count). The van der Waals surface area contributed by atoms with Crippen molar-refractivity contribution in [3.63, 3.8) is 0 Å². The number of Topliss-reactive ketones (excluding diaryl/α,β-unsaturated/α-hetero) is 2. The fourth-order valence-electron chi connectivity index (χ4n) is 4.46. The molecule has 3 atom stereocenters. The molecule has 134 valence electrons. The molecule has 0 radical (unpaired) electrons. The van der Waals surface area contributed by atoms with E-state index >= 15 is 0 Å². The molecule has 0 amide bonds. The molecule has 2 fully saturated rings. The molecule has 2 saturated carbocycles. The summed E-state index contributed by atoms with van der Waals surface area (Å²) >= 11 is 5.92. The predicted octanol–water partition coefficient (Wildman–Crippen LogP) is 5.36. The van der Waals surface area contributed by atoms with Crippen molar-refractivity contribution in [1.82, 2.24) is 0 Å². The van der Waals surface area contributed by atoms with E-state index in [0.29, 0.717) is 0 Å². The molecule has 2 aromatic rings. The molecule has 0 spiro atoms. The van der Waals surface area contributed by atoms with Crippen molar-refractivity contribution in [1.29, 1.82) is 0 Å². The molecule has 2 bridgehead atoms. The maximum absolute atomic E-state index is 13.5. The van der Waals surface area contributed by atoms with Gasteiger partial charge in [-0.1, -0.05) is 36.7 Å². The molecular weight excluding hydrogens is 351 g/mol. The maximum atomic E-state index is 13.5. The molecule has 2 nitrogen and oxygen atoms in total. The number of benzene rings is 2. The summed E-state index contributed by atoms with van der Waals surface area (Å²) in [5.74, 6) is -0.907. The fourth-order valence-corrected chi connectivity index (χ4v) is 4.64. The second kappa shape index (κ2) is 6.62. The molecule has 0 heterocycles. The quantitative estimate of drug-likeness (QED) is 0.681. The third kappa shape index (κ3) is 2.79. The van der Waals surface area contributed by atoms with E-state index in [4.69, 9.17) is 11.6 Å². The summed E-state index contributed by atoms with van der Waals surface area (Å²) in [7, 11) is 0. The van der Waals surface area contributed by atoms with Gasteiger partial charge in [0.05, 0.1) is 5.02 Å². The number of aryl methyl sites for hydroxylation is 1. The average molecular weight is 371 g/mol. The van der Waals surface area contributed by atoms with E-state index in [1.165, 1.54) is 6.07 Å². The summed E-state index contributed by atoms with van der Waals surface area (Å²) < 4.78 is 13.5. The van der Waals surface area contributed by atoms with Gasteiger partial charge in [0.2, 0.25) is 0 Å². The predicted molar refractivity (Wildman–Crippen MR) is 99.8 cm³/mol. The minimum Gasteiger partial charge on any atom is -0.298 e. The minimum atomic E-state index is -0.646. The van der Waals surface area contributed by atoms with Crippen molar-refractivity contribution in [3.05, 3.63) is 58.4 Å². The topological polar surface area (TPSA) is 34.1 Å². The van der Waals surface area contributed by atoms with Crippen molar-refractivity contribution < 1.29 is 14.0 Å². The number of carbonyl (C=O) groups is 2. The van der Waals surface area contributed by atoms with E-state index in [0.717, 1.165) is 47.9 Å². The monoisotopic (exact) mass is 370 g/mol. The normalized spacial score (nSPS) is 25.0. The summed E-state index contributed by atoms with van der Waals surface area (Å²) in [6.45, 7) is 2.03. The van der Waals surface area contributed by atoms with Gasteiger partial charge in [-0.2, -0.15) is 0 Å². The van der Waals surface area contributed by atoms with Crippen molar-refractivity contribution >= 4 is 23.2 Å². The standard InChI is InChI=1S/C22H20ClFO2/c1-2-12-3-4-13(14-7-8-19(24)18(23)11-14)10-17(12)20-21(25)15-5-6-16(9-15)22(20)26/h3-4,7-8,10-11,15-16,20H,2,5-6,9H2,1H3/t15-,16+,20?. The van der Waals surface area contributed by atoms with Crippen LogP contribution in [0.3, 0.4) is 0 Å². The molecule has 0 saturated heterocycles. The van der Waals surface area contributed by atoms with Crippen LogP contribution in [0.5, 0.6) is 0 Å². The van der Waals surface area contributed by atoms with Crippen molar-refractivity contribution in [3.8, 4) is 11.1 Å². The highest BCUT2D eigenvalue weighted by atomic mass is 35.5. The minimum absolute atomic E-state index is 0.0244. The van der Waals surface area contributed by atoms with Crippen LogP contribution >= 0.6 is 11.6 Å². The first-order valence-electron chi connectivity index (χ1n) is 9.15. The Bertz CT molecular complexity index is 883. The van der Waals surface area contributed by atoms with Crippen LogP contribution in [0.4, 0.5) is 4.39 Å². The Balaban J connectivity index is 1.81. The van der Waals surface area contributed by atoms with Gasteiger partial charge in [0.1, 0.15) is 11.7 Å². The highest BCUT2D eigenvalue weighted by Gasteiger charge is 2.47. The lowest BCUT2D eigenvalue weighted by atomic mass is 9.73. The average Bonchev–Trinajstić information content (AvgIpc) is 3.10. The Kier molecular flexibility index (Phi) is 4.44. The van der Waals surface area contributed by atoms with Crippen LogP contribution in [-0.2, 0) is 16.0 Å². The van der Waals surface area contributed by atoms with Crippen molar-refractivity contribution in [2.75, 3.05) is 0 Å². The fraction of sp³-hybridized carbons (Fsp3) is 0.364. The lowest BCUT2D eigenvalue weighted by molar-refractivity contribution is -0.135. The Morgan fingerprint density at radius 2 is 1.62 bits per heavy atom. The zero-order chi connectivity index (χ0) is 18.4. The Labute approximate surface area is 157 Å². The Morgan fingerprint density at radius 3 is 2.23 bits per heavy atom. The number of carbonyl (C=O) groups excluding carboxylic acids is 2. The largest absolute Gasteiger partial charge is 0.298 e. The summed E-state index contributed by atoms with van der Waals surface area (Å²) in [4.78, 5) is 25.8. The molecule has 0 aromatic heterocycles. The van der Waals surface area contributed by atoms with Crippen LogP contribution in [0.15, 0.2) is 36.4 Å². The van der Waals surface area contributed by atoms with Crippen LogP contribution in [0, 0.1) is 17.7 Å². The van der Waals surface area contributed by atoms with Gasteiger partial charge in [0.25, 0.3) is 0 Å². The van der Waals surface area contributed by atoms with Gasteiger partial charge in [-0.3, -0.25) is 9.59 Å². The Morgan fingerprint density at radius 1 is 1.00 bits per heavy atom. The van der Waals surface area contributed by atoms with Crippen LogP contribution < -0.4 is 0 Å². The van der Waals surface area contributed by atoms with Gasteiger partial charge in [-0.15, -0.1) is 0 Å². The third-order valence-corrected chi connectivity index (χ3v) is 6.19. The molecule has 26 heavy (non-hydrogen) atoms. The summed E-state index contributed by atoms with van der Waals surface area (Å²) in [5, 5.41) is 0.0616. The summed E-state index contributed by atoms with van der Waals surface area (Å²) in [6.07, 6.45) is 3.15. The van der Waals surface area contributed by atoms with Crippen molar-refractivity contribution in [2.45, 2.75) is 38.5 Å². The van der Waals surface area contributed by atoms with E-state index < -0.39 is 11.7 Å². The summed E-state index contributed by atoms with van der Waals surface area (Å²) in [6, 6.07) is 10.4. The van der Waals surface area contributed by atoms with E-state index in [1.54, 1.807) is 12.1 Å². The molecule has 0 aliphatic heterocycles. The first kappa shape index (κ1) is 17.4. The molecule has 0 N–H and O–H groups in total. The van der Waals surface area contributed by atoms with E-state index in [2.05, 4.69) is 0 Å². The van der Waals surface area contributed by atoms with Crippen molar-refractivity contribution in [2.24, 2.45) is 11.8 Å². The maximum Gasteiger partial charge on any atom is 0.150 e. The molecule has 4 heteroatoms. The second-order valence-corrected chi connectivity index (χ2v) is 7.75. The van der Waals surface area contributed by atoms with Gasteiger partial charge in [0, 0.05) is 11.8 Å². The van der Waals surface area contributed by atoms with Gasteiger partial charge >= 0.3 is 0 Å². The first-order chi connectivity index (χ1) is 12.5. The SMILES string of the molecule is CCc1ccc(-c2ccc(F)c(Cl)c2)cc1C1C(=O)[C@@H]2CC[C@@H](C2)C1=O. The third-order valence-electron chi connectivity index (χ3n) is 5.90. The van der Waals surface area contributed by atoms with Crippen LogP contribution in [-0.4, -0.2) is 11.6 Å². The molecule has 2 aliphatic rings. The highest BCUT2D eigenvalue weighted by molar-refractivity contribution is 6.31. The molecule has 2 aromatic carbocycles. The molecule has 1 unspecified atom stereocenters. The molecular formula is C22H20ClFO2. The van der Waals surface area contributed by atoms with Crippen LogP contribution in [0.25, 0.3) is 11.1 Å². The summed E-state index contributed by atoms with van der Waals surface area (Å²) in [5.41, 5.74) is 3.46. The number of fused-ring (bicyclic) bond motifs is 2. The zero-order valence-corrected chi connectivity index (χ0v) is 15.4. The molecule has 2 aliphatic carbocycles. The lowest BCUT2D eigenvalue weighted by Gasteiger charge is -2.27. The van der Waals surface area contributed by atoms with Crippen LogP contribution in [0.1, 0.15) is 43.2 Å². The smallest absolute Gasteiger partial charge is 0.150 e. The van der Waals surface area contributed by atoms with Gasteiger partial charge in [-0.05, 0) is 66.1 Å². The van der Waals surface area contributed by atoms with E-state index in [9.17, 15) is 14.0 Å². The number of halogens is 2. The highest BCUT2D eigenvalue weighted by Crippen LogP contribution is 2.45. The van der Waals surface area contributed by atoms with Crippen LogP contribution in [0.2, 0.25) is 5.02 Å². The first-order valence-corrected chi connectivity index (χ1v) is 9.53. The van der Waals surface area contributed by atoms with E-state index in [-0.39, 0.29) is 28.4 Å². The zero-order valence-electron chi connectivity index (χ0n) is 14.6.